The van der Waals surface area contributed by atoms with Crippen molar-refractivity contribution < 1.29 is 14.6 Å². The molecule has 1 amide bonds. The van der Waals surface area contributed by atoms with E-state index in [4.69, 9.17) is 4.74 Å². The highest BCUT2D eigenvalue weighted by molar-refractivity contribution is 14.1. The maximum Gasteiger partial charge on any atom is 0.258 e. The van der Waals surface area contributed by atoms with E-state index in [0.717, 1.165) is 16.8 Å². The molecule has 0 unspecified atom stereocenters. The van der Waals surface area contributed by atoms with Crippen molar-refractivity contribution >= 4 is 45.8 Å². The first-order valence-corrected chi connectivity index (χ1v) is 8.93. The summed E-state index contributed by atoms with van der Waals surface area (Å²) in [6.45, 7) is 4.93. The van der Waals surface area contributed by atoms with Crippen molar-refractivity contribution in [2.75, 3.05) is 18.1 Å². The minimum Gasteiger partial charge on any atom is -0.504 e. The number of phenolic OH excluding ortho intramolecular Hbond substituents is 1. The minimum absolute atomic E-state index is 0.000238. The predicted octanol–water partition coefficient (Wildman–Crippen LogP) is 4.30. The summed E-state index contributed by atoms with van der Waals surface area (Å²) in [5, 5.41) is 10.1. The largest absolute Gasteiger partial charge is 0.504 e. The fourth-order valence-electron chi connectivity index (χ4n) is 2.87. The zero-order valence-corrected chi connectivity index (χ0v) is 15.7. The summed E-state index contributed by atoms with van der Waals surface area (Å²) < 4.78 is 6.17. The van der Waals surface area contributed by atoms with Crippen LogP contribution in [0.3, 0.4) is 0 Å². The smallest absolute Gasteiger partial charge is 0.258 e. The Bertz CT molecular complexity index is 829. The van der Waals surface area contributed by atoms with Gasteiger partial charge in [0, 0.05) is 17.7 Å². The van der Waals surface area contributed by atoms with Gasteiger partial charge < -0.3 is 14.7 Å². The lowest BCUT2D eigenvalue weighted by atomic mass is 10.0. The van der Waals surface area contributed by atoms with Gasteiger partial charge in [0.1, 0.15) is 0 Å². The van der Waals surface area contributed by atoms with Crippen LogP contribution in [-0.2, 0) is 4.79 Å². The third-order valence-electron chi connectivity index (χ3n) is 3.94. The van der Waals surface area contributed by atoms with Crippen molar-refractivity contribution in [2.45, 2.75) is 13.8 Å². The number of hydrogen-bond donors (Lipinski definition) is 1. The molecule has 5 heteroatoms. The SMILES string of the molecule is CCOc1cc(/C=C2\C(=O)N(CC)c3ccccc32)cc(I)c1O. The van der Waals surface area contributed by atoms with Gasteiger partial charge in [-0.05, 0) is 66.3 Å². The number of aromatic hydroxyl groups is 1. The number of amides is 1. The van der Waals surface area contributed by atoms with Crippen LogP contribution in [0.15, 0.2) is 36.4 Å². The van der Waals surface area contributed by atoms with Crippen molar-refractivity contribution in [2.24, 2.45) is 0 Å². The van der Waals surface area contributed by atoms with Gasteiger partial charge in [-0.15, -0.1) is 0 Å². The van der Waals surface area contributed by atoms with Crippen LogP contribution in [0.4, 0.5) is 5.69 Å². The summed E-state index contributed by atoms with van der Waals surface area (Å²) in [5.74, 6) is 0.565. The molecule has 0 saturated heterocycles. The van der Waals surface area contributed by atoms with Crippen molar-refractivity contribution in [3.63, 3.8) is 0 Å². The summed E-state index contributed by atoms with van der Waals surface area (Å²) in [6.07, 6.45) is 1.86. The van der Waals surface area contributed by atoms with Crippen LogP contribution in [0.2, 0.25) is 0 Å². The van der Waals surface area contributed by atoms with E-state index in [2.05, 4.69) is 22.6 Å². The van der Waals surface area contributed by atoms with Crippen molar-refractivity contribution in [1.82, 2.24) is 0 Å². The number of halogens is 1. The molecule has 1 N–H and O–H groups in total. The Morgan fingerprint density at radius 3 is 2.71 bits per heavy atom. The molecule has 0 aromatic heterocycles. The third-order valence-corrected chi connectivity index (χ3v) is 4.76. The van der Waals surface area contributed by atoms with E-state index in [1.807, 2.05) is 50.3 Å². The number of carbonyl (C=O) groups excluding carboxylic acids is 1. The van der Waals surface area contributed by atoms with E-state index in [-0.39, 0.29) is 11.7 Å². The van der Waals surface area contributed by atoms with Gasteiger partial charge in [0.2, 0.25) is 0 Å². The Labute approximate surface area is 154 Å². The molecule has 0 aliphatic carbocycles. The first kappa shape index (κ1) is 16.8. The van der Waals surface area contributed by atoms with Gasteiger partial charge in [-0.3, -0.25) is 4.79 Å². The molecule has 124 valence electrons. The van der Waals surface area contributed by atoms with E-state index < -0.39 is 0 Å². The Morgan fingerprint density at radius 2 is 2.00 bits per heavy atom. The number of phenols is 1. The number of fused-ring (bicyclic) bond motifs is 1. The molecule has 2 aromatic rings. The topological polar surface area (TPSA) is 49.8 Å². The summed E-state index contributed by atoms with van der Waals surface area (Å²) >= 11 is 2.06. The van der Waals surface area contributed by atoms with Gasteiger partial charge in [-0.25, -0.2) is 0 Å². The quantitative estimate of drug-likeness (QED) is 0.576. The van der Waals surface area contributed by atoms with Crippen LogP contribution < -0.4 is 9.64 Å². The Kier molecular flexibility index (Phi) is 4.80. The first-order chi connectivity index (χ1) is 11.6. The van der Waals surface area contributed by atoms with Gasteiger partial charge in [-0.2, -0.15) is 0 Å². The fourth-order valence-corrected chi connectivity index (χ4v) is 3.49. The summed E-state index contributed by atoms with van der Waals surface area (Å²) in [6, 6.07) is 11.4. The van der Waals surface area contributed by atoms with Crippen LogP contribution in [0, 0.1) is 3.57 Å². The molecule has 3 rings (SSSR count). The molecular weight excluding hydrogens is 417 g/mol. The van der Waals surface area contributed by atoms with E-state index in [0.29, 0.717) is 28.0 Å². The van der Waals surface area contributed by atoms with E-state index in [1.165, 1.54) is 0 Å². The van der Waals surface area contributed by atoms with Crippen molar-refractivity contribution in [3.05, 3.63) is 51.1 Å². The molecule has 0 bridgehead atoms. The second-order valence-electron chi connectivity index (χ2n) is 5.41. The number of hydrogen-bond acceptors (Lipinski definition) is 3. The van der Waals surface area contributed by atoms with Gasteiger partial charge in [0.15, 0.2) is 11.5 Å². The lowest BCUT2D eigenvalue weighted by molar-refractivity contribution is -0.112. The average molecular weight is 435 g/mol. The summed E-state index contributed by atoms with van der Waals surface area (Å²) in [4.78, 5) is 14.5. The van der Waals surface area contributed by atoms with Crippen LogP contribution in [0.25, 0.3) is 11.6 Å². The normalized spacial score (nSPS) is 15.0. The molecule has 0 radical (unpaired) electrons. The van der Waals surface area contributed by atoms with Crippen LogP contribution in [0.5, 0.6) is 11.5 Å². The molecule has 1 heterocycles. The number of para-hydroxylation sites is 1. The number of ether oxygens (including phenoxy) is 1. The minimum atomic E-state index is -0.000238. The van der Waals surface area contributed by atoms with Crippen molar-refractivity contribution in [3.8, 4) is 11.5 Å². The number of anilines is 1. The molecule has 1 aliphatic heterocycles. The van der Waals surface area contributed by atoms with E-state index >= 15 is 0 Å². The van der Waals surface area contributed by atoms with Crippen LogP contribution in [-0.4, -0.2) is 24.2 Å². The number of likely N-dealkylation sites (N-methyl/N-ethyl adjacent to an activating group) is 1. The molecular formula is C19H18INO3. The van der Waals surface area contributed by atoms with E-state index in [9.17, 15) is 9.90 Å². The monoisotopic (exact) mass is 435 g/mol. The molecule has 1 aliphatic rings. The Balaban J connectivity index is 2.11. The Morgan fingerprint density at radius 1 is 1.25 bits per heavy atom. The van der Waals surface area contributed by atoms with Gasteiger partial charge in [-0.1, -0.05) is 18.2 Å². The van der Waals surface area contributed by atoms with E-state index in [1.54, 1.807) is 11.0 Å². The first-order valence-electron chi connectivity index (χ1n) is 7.85. The molecule has 0 fully saturated rings. The molecule has 2 aromatic carbocycles. The van der Waals surface area contributed by atoms with Crippen LogP contribution >= 0.6 is 22.6 Å². The van der Waals surface area contributed by atoms with Crippen molar-refractivity contribution in [1.29, 1.82) is 0 Å². The second-order valence-corrected chi connectivity index (χ2v) is 6.57. The highest BCUT2D eigenvalue weighted by Gasteiger charge is 2.30. The highest BCUT2D eigenvalue weighted by atomic mass is 127. The lowest BCUT2D eigenvalue weighted by Crippen LogP contribution is -2.25. The number of benzene rings is 2. The standard InChI is InChI=1S/C19H18INO3/c1-3-21-16-8-6-5-7-13(16)14(19(21)23)9-12-10-15(20)18(22)17(11-12)24-4-2/h5-11,22H,3-4H2,1-2H3/b14-9-. The van der Waals surface area contributed by atoms with Crippen LogP contribution in [0.1, 0.15) is 25.0 Å². The number of rotatable bonds is 4. The molecule has 0 saturated carbocycles. The molecule has 0 spiro atoms. The predicted molar refractivity (Wildman–Crippen MR) is 104 cm³/mol. The third kappa shape index (κ3) is 2.88. The van der Waals surface area contributed by atoms with Gasteiger partial charge >= 0.3 is 0 Å². The second kappa shape index (κ2) is 6.84. The van der Waals surface area contributed by atoms with Gasteiger partial charge in [0.05, 0.1) is 15.9 Å². The van der Waals surface area contributed by atoms with Gasteiger partial charge in [0.25, 0.3) is 5.91 Å². The lowest BCUT2D eigenvalue weighted by Gasteiger charge is -2.13. The highest BCUT2D eigenvalue weighted by Crippen LogP contribution is 2.39. The maximum absolute atomic E-state index is 12.7. The fraction of sp³-hybridized carbons (Fsp3) is 0.211. The zero-order chi connectivity index (χ0) is 17.3. The average Bonchev–Trinajstić information content (AvgIpc) is 2.84. The summed E-state index contributed by atoms with van der Waals surface area (Å²) in [5.41, 5.74) is 3.37. The molecule has 0 atom stereocenters. The summed E-state index contributed by atoms with van der Waals surface area (Å²) in [7, 11) is 0. The molecule has 24 heavy (non-hydrogen) atoms. The number of nitrogens with zero attached hydrogens (tertiary/aromatic N) is 1. The Hall–Kier alpha value is -2.02. The maximum atomic E-state index is 12.7. The molecule has 4 nitrogen and oxygen atoms in total. The zero-order valence-electron chi connectivity index (χ0n) is 13.5. The number of carbonyl (C=O) groups is 1.